The van der Waals surface area contributed by atoms with Gasteiger partial charge >= 0.3 is 12.3 Å². The number of amides is 1. The van der Waals surface area contributed by atoms with Gasteiger partial charge in [-0.3, -0.25) is 0 Å². The summed E-state index contributed by atoms with van der Waals surface area (Å²) in [5, 5.41) is 5.36. The summed E-state index contributed by atoms with van der Waals surface area (Å²) < 4.78 is 60.1. The van der Waals surface area contributed by atoms with Crippen molar-refractivity contribution >= 4 is 28.1 Å². The molecule has 10 heteroatoms. The van der Waals surface area contributed by atoms with Crippen LogP contribution in [0.5, 0.6) is 5.75 Å². The van der Waals surface area contributed by atoms with Gasteiger partial charge in [-0.05, 0) is 71.4 Å². The normalized spacial score (nSPS) is 16.3. The Balaban J connectivity index is 1.58. The van der Waals surface area contributed by atoms with Gasteiger partial charge in [0.15, 0.2) is 6.23 Å². The van der Waals surface area contributed by atoms with Crippen LogP contribution in [-0.4, -0.2) is 41.9 Å². The topological polar surface area (TPSA) is 88.6 Å². The maximum atomic E-state index is 14.0. The molecule has 1 aliphatic heterocycles. The van der Waals surface area contributed by atoms with E-state index in [1.165, 1.54) is 0 Å². The molecule has 0 spiro atoms. The molecule has 5 rings (SSSR count). The standard InChI is InChI=1S/C31H30F3N3O4/c32-31(33,34)19-26(21-6-2-1-3-7-21)29(22-9-12-25(13-10-22)39-16-17-41-30(35)38)23-11-14-27-24(18-23)20-36-37(27)28-8-4-5-15-40-28/h1-3,6-7,9-14,18,20,28H,4-5,8,15-17,19H2,(H2,35,38)/b29-26+. The van der Waals surface area contributed by atoms with Crippen LogP contribution in [0.4, 0.5) is 18.0 Å². The number of nitrogens with two attached hydrogens (primary N) is 1. The Hall–Kier alpha value is -4.31. The lowest BCUT2D eigenvalue weighted by Gasteiger charge is -2.23. The molecule has 4 aromatic rings. The molecule has 1 atom stereocenters. The third-order valence-corrected chi connectivity index (χ3v) is 6.85. The van der Waals surface area contributed by atoms with Gasteiger partial charge in [0.2, 0.25) is 0 Å². The second-order valence-corrected chi connectivity index (χ2v) is 9.74. The molecule has 41 heavy (non-hydrogen) atoms. The fourth-order valence-electron chi connectivity index (χ4n) is 5.06. The van der Waals surface area contributed by atoms with E-state index in [2.05, 4.69) is 9.84 Å². The van der Waals surface area contributed by atoms with Gasteiger partial charge in [-0.25, -0.2) is 9.48 Å². The number of benzene rings is 3. The van der Waals surface area contributed by atoms with E-state index in [9.17, 15) is 18.0 Å². The van der Waals surface area contributed by atoms with Crippen molar-refractivity contribution in [2.45, 2.75) is 38.1 Å². The fourth-order valence-corrected chi connectivity index (χ4v) is 5.06. The van der Waals surface area contributed by atoms with Gasteiger partial charge in [0.25, 0.3) is 0 Å². The number of hydrogen-bond donors (Lipinski definition) is 1. The van der Waals surface area contributed by atoms with Crippen molar-refractivity contribution < 1.29 is 32.2 Å². The first kappa shape index (κ1) is 28.2. The highest BCUT2D eigenvalue weighted by Gasteiger charge is 2.31. The van der Waals surface area contributed by atoms with E-state index in [1.807, 2.05) is 22.9 Å². The molecular weight excluding hydrogens is 535 g/mol. The summed E-state index contributed by atoms with van der Waals surface area (Å²) in [4.78, 5) is 10.8. The van der Waals surface area contributed by atoms with Crippen LogP contribution in [0, 0.1) is 0 Å². The summed E-state index contributed by atoms with van der Waals surface area (Å²) >= 11 is 0. The number of alkyl halides is 3. The molecule has 1 saturated heterocycles. The molecule has 3 aromatic carbocycles. The zero-order valence-corrected chi connectivity index (χ0v) is 22.3. The van der Waals surface area contributed by atoms with Gasteiger partial charge in [-0.2, -0.15) is 18.3 Å². The predicted octanol–water partition coefficient (Wildman–Crippen LogP) is 7.12. The summed E-state index contributed by atoms with van der Waals surface area (Å²) in [6.45, 7) is 0.734. The smallest absolute Gasteiger partial charge is 0.404 e. The molecule has 2 heterocycles. The van der Waals surface area contributed by atoms with Crippen molar-refractivity contribution in [2.24, 2.45) is 5.73 Å². The van der Waals surface area contributed by atoms with Crippen molar-refractivity contribution in [2.75, 3.05) is 19.8 Å². The molecule has 0 aliphatic carbocycles. The van der Waals surface area contributed by atoms with Gasteiger partial charge in [-0.15, -0.1) is 0 Å². The third-order valence-electron chi connectivity index (χ3n) is 6.85. The number of rotatable bonds is 9. The first-order valence-electron chi connectivity index (χ1n) is 13.4. The lowest BCUT2D eigenvalue weighted by molar-refractivity contribution is -0.122. The van der Waals surface area contributed by atoms with Crippen LogP contribution < -0.4 is 10.5 Å². The average molecular weight is 566 g/mol. The monoisotopic (exact) mass is 565 g/mol. The molecular formula is C31H30F3N3O4. The third kappa shape index (κ3) is 7.07. The van der Waals surface area contributed by atoms with Gasteiger partial charge in [0.05, 0.1) is 18.1 Å². The molecule has 1 fully saturated rings. The van der Waals surface area contributed by atoms with E-state index in [1.54, 1.807) is 60.8 Å². The number of nitrogens with zero attached hydrogens (tertiary/aromatic N) is 2. The Kier molecular flexibility index (Phi) is 8.58. The van der Waals surface area contributed by atoms with Gasteiger partial charge in [0, 0.05) is 12.0 Å². The second kappa shape index (κ2) is 12.5. The predicted molar refractivity (Wildman–Crippen MR) is 149 cm³/mol. The van der Waals surface area contributed by atoms with E-state index in [4.69, 9.17) is 15.2 Å². The first-order chi connectivity index (χ1) is 19.8. The highest BCUT2D eigenvalue weighted by atomic mass is 19.4. The summed E-state index contributed by atoms with van der Waals surface area (Å²) in [7, 11) is 0. The average Bonchev–Trinajstić information content (AvgIpc) is 3.39. The molecule has 1 amide bonds. The van der Waals surface area contributed by atoms with Gasteiger partial charge < -0.3 is 19.9 Å². The molecule has 2 N–H and O–H groups in total. The minimum atomic E-state index is -4.44. The highest BCUT2D eigenvalue weighted by molar-refractivity contribution is 6.00. The van der Waals surface area contributed by atoms with Crippen molar-refractivity contribution in [3.8, 4) is 5.75 Å². The van der Waals surface area contributed by atoms with Crippen molar-refractivity contribution in [1.29, 1.82) is 0 Å². The minimum absolute atomic E-state index is 0.0223. The summed E-state index contributed by atoms with van der Waals surface area (Å²) in [6.07, 6.45) is -1.95. The maximum Gasteiger partial charge on any atom is 0.404 e. The molecule has 1 aliphatic rings. The molecule has 0 bridgehead atoms. The van der Waals surface area contributed by atoms with Crippen molar-refractivity contribution in [1.82, 2.24) is 9.78 Å². The molecule has 214 valence electrons. The van der Waals surface area contributed by atoms with Gasteiger partial charge in [0.1, 0.15) is 19.0 Å². The number of ether oxygens (including phenoxy) is 3. The zero-order valence-electron chi connectivity index (χ0n) is 22.3. The number of carbonyl (C=O) groups is 1. The molecule has 1 aromatic heterocycles. The number of fused-ring (bicyclic) bond motifs is 1. The number of aromatic nitrogens is 2. The zero-order chi connectivity index (χ0) is 28.8. The Morgan fingerprint density at radius 1 is 0.976 bits per heavy atom. The minimum Gasteiger partial charge on any atom is -0.490 e. The first-order valence-corrected chi connectivity index (χ1v) is 13.4. The number of allylic oxidation sites excluding steroid dienone is 1. The second-order valence-electron chi connectivity index (χ2n) is 9.74. The van der Waals surface area contributed by atoms with E-state index in [0.29, 0.717) is 34.6 Å². The van der Waals surface area contributed by atoms with Crippen LogP contribution in [0.3, 0.4) is 0 Å². The van der Waals surface area contributed by atoms with Crippen LogP contribution in [0.1, 0.15) is 48.6 Å². The largest absolute Gasteiger partial charge is 0.490 e. The molecule has 0 saturated carbocycles. The quantitative estimate of drug-likeness (QED) is 0.172. The maximum absolute atomic E-state index is 14.0. The summed E-state index contributed by atoms with van der Waals surface area (Å²) in [5.74, 6) is 0.475. The highest BCUT2D eigenvalue weighted by Crippen LogP contribution is 2.40. The number of halogens is 3. The van der Waals surface area contributed by atoms with Crippen LogP contribution in [0.15, 0.2) is 79.0 Å². The fraction of sp³-hybridized carbons (Fsp3) is 0.290. The van der Waals surface area contributed by atoms with E-state index < -0.39 is 18.7 Å². The molecule has 0 radical (unpaired) electrons. The Bertz CT molecular complexity index is 1510. The van der Waals surface area contributed by atoms with Crippen LogP contribution in [-0.2, 0) is 9.47 Å². The van der Waals surface area contributed by atoms with E-state index in [-0.39, 0.29) is 25.0 Å². The molecule has 7 nitrogen and oxygen atoms in total. The summed E-state index contributed by atoms with van der Waals surface area (Å²) in [6, 6.07) is 21.0. The molecule has 1 unspecified atom stereocenters. The Morgan fingerprint density at radius 2 is 1.73 bits per heavy atom. The van der Waals surface area contributed by atoms with Crippen LogP contribution in [0.25, 0.3) is 22.0 Å². The Morgan fingerprint density at radius 3 is 2.41 bits per heavy atom. The van der Waals surface area contributed by atoms with Gasteiger partial charge in [-0.1, -0.05) is 48.5 Å². The Labute approximate surface area is 235 Å². The van der Waals surface area contributed by atoms with Crippen LogP contribution >= 0.6 is 0 Å². The van der Waals surface area contributed by atoms with Crippen molar-refractivity contribution in [3.63, 3.8) is 0 Å². The van der Waals surface area contributed by atoms with E-state index in [0.717, 1.165) is 30.2 Å². The SMILES string of the molecule is NC(=O)OCCOc1ccc(/C(=C(/CC(F)(F)F)c2ccccc2)c2ccc3c(cnn3C3CCCCO3)c2)cc1. The van der Waals surface area contributed by atoms with Crippen LogP contribution in [0.2, 0.25) is 0 Å². The lowest BCUT2D eigenvalue weighted by Crippen LogP contribution is -2.18. The van der Waals surface area contributed by atoms with Crippen molar-refractivity contribution in [3.05, 3.63) is 95.7 Å². The number of primary amides is 1. The number of carbonyl (C=O) groups excluding carboxylic acids is 1. The lowest BCUT2D eigenvalue weighted by atomic mass is 9.87. The van der Waals surface area contributed by atoms with E-state index >= 15 is 0 Å². The summed E-state index contributed by atoms with van der Waals surface area (Å²) in [5.41, 5.74) is 8.14. The number of hydrogen-bond acceptors (Lipinski definition) is 5.